The maximum Gasteiger partial charge on any atom is 0.323 e. The van der Waals surface area contributed by atoms with Crippen molar-refractivity contribution < 1.29 is 9.53 Å². The smallest absolute Gasteiger partial charge is 0.323 e. The van der Waals surface area contributed by atoms with Crippen molar-refractivity contribution in [1.29, 1.82) is 0 Å². The fourth-order valence-electron chi connectivity index (χ4n) is 3.07. The van der Waals surface area contributed by atoms with E-state index in [9.17, 15) is 4.79 Å². The molecule has 1 aliphatic heterocycles. The Morgan fingerprint density at radius 1 is 1.26 bits per heavy atom. The van der Waals surface area contributed by atoms with Crippen molar-refractivity contribution in [1.82, 2.24) is 10.2 Å². The second kappa shape index (κ2) is 7.25. The molecular weight excluding hydrogens is 240 g/mol. The van der Waals surface area contributed by atoms with Crippen LogP contribution in [0, 0.1) is 5.92 Å². The van der Waals surface area contributed by atoms with Gasteiger partial charge in [-0.3, -0.25) is 9.69 Å². The van der Waals surface area contributed by atoms with Crippen LogP contribution in [0.5, 0.6) is 0 Å². The molecule has 1 atom stereocenters. The van der Waals surface area contributed by atoms with Gasteiger partial charge in [-0.25, -0.2) is 0 Å². The number of nitrogens with zero attached hydrogens (tertiary/aromatic N) is 1. The quantitative estimate of drug-likeness (QED) is 0.715. The molecule has 1 saturated heterocycles. The highest BCUT2D eigenvalue weighted by atomic mass is 16.5. The highest BCUT2D eigenvalue weighted by Crippen LogP contribution is 2.31. The van der Waals surface area contributed by atoms with Gasteiger partial charge in [-0.1, -0.05) is 6.92 Å². The Bertz CT molecular complexity index is 286. The van der Waals surface area contributed by atoms with Gasteiger partial charge >= 0.3 is 5.97 Å². The minimum absolute atomic E-state index is 0.0224. The van der Waals surface area contributed by atoms with Gasteiger partial charge in [0, 0.05) is 12.6 Å². The number of nitrogens with one attached hydrogen (secondary N) is 1. The molecule has 0 bridgehead atoms. The third-order valence-corrected chi connectivity index (χ3v) is 4.29. The van der Waals surface area contributed by atoms with Gasteiger partial charge < -0.3 is 10.1 Å². The zero-order valence-electron chi connectivity index (χ0n) is 12.4. The lowest BCUT2D eigenvalue weighted by Gasteiger charge is -2.34. The molecule has 2 fully saturated rings. The lowest BCUT2D eigenvalue weighted by molar-refractivity contribution is -0.150. The van der Waals surface area contributed by atoms with E-state index in [1.807, 2.05) is 6.92 Å². The van der Waals surface area contributed by atoms with Crippen molar-refractivity contribution in [3.05, 3.63) is 0 Å². The first-order chi connectivity index (χ1) is 9.26. The molecule has 19 heavy (non-hydrogen) atoms. The van der Waals surface area contributed by atoms with Crippen molar-refractivity contribution in [3.8, 4) is 0 Å². The number of esters is 1. The summed E-state index contributed by atoms with van der Waals surface area (Å²) in [5, 5.41) is 3.41. The predicted molar refractivity (Wildman–Crippen MR) is 76.0 cm³/mol. The molecule has 1 heterocycles. The molecular formula is C15H28N2O2. The largest absolute Gasteiger partial charge is 0.465 e. The van der Waals surface area contributed by atoms with Gasteiger partial charge in [0.25, 0.3) is 0 Å². The molecule has 110 valence electrons. The summed E-state index contributed by atoms with van der Waals surface area (Å²) in [6.45, 7) is 7.79. The second-order valence-corrected chi connectivity index (χ2v) is 5.80. The SMILES string of the molecule is CCOC(=O)C(CC)N(CC1CCNCC1)C1CC1. The van der Waals surface area contributed by atoms with E-state index < -0.39 is 0 Å². The zero-order chi connectivity index (χ0) is 13.7. The fraction of sp³-hybridized carbons (Fsp3) is 0.933. The van der Waals surface area contributed by atoms with E-state index in [0.29, 0.717) is 12.6 Å². The molecule has 2 rings (SSSR count). The monoisotopic (exact) mass is 268 g/mol. The lowest BCUT2D eigenvalue weighted by atomic mass is 9.96. The van der Waals surface area contributed by atoms with Gasteiger partial charge in [-0.2, -0.15) is 0 Å². The fourth-order valence-corrected chi connectivity index (χ4v) is 3.07. The van der Waals surface area contributed by atoms with Crippen LogP contribution in [0.1, 0.15) is 46.0 Å². The number of piperidine rings is 1. The minimum atomic E-state index is -0.0256. The van der Waals surface area contributed by atoms with Crippen LogP contribution in [-0.4, -0.2) is 49.2 Å². The van der Waals surface area contributed by atoms with Gasteiger partial charge in [-0.15, -0.1) is 0 Å². The van der Waals surface area contributed by atoms with E-state index in [2.05, 4.69) is 17.1 Å². The summed E-state index contributed by atoms with van der Waals surface area (Å²) in [7, 11) is 0. The van der Waals surface area contributed by atoms with Gasteiger partial charge in [-0.05, 0) is 58.0 Å². The van der Waals surface area contributed by atoms with Crippen molar-refractivity contribution >= 4 is 5.97 Å². The number of carbonyl (C=O) groups is 1. The lowest BCUT2D eigenvalue weighted by Crippen LogP contribution is -2.47. The van der Waals surface area contributed by atoms with Crippen LogP contribution in [0.2, 0.25) is 0 Å². The van der Waals surface area contributed by atoms with Gasteiger partial charge in [0.2, 0.25) is 0 Å². The van der Waals surface area contributed by atoms with E-state index >= 15 is 0 Å². The van der Waals surface area contributed by atoms with Gasteiger partial charge in [0.15, 0.2) is 0 Å². The summed E-state index contributed by atoms with van der Waals surface area (Å²) < 4.78 is 5.25. The highest BCUT2D eigenvalue weighted by Gasteiger charge is 2.38. The van der Waals surface area contributed by atoms with Crippen LogP contribution < -0.4 is 5.32 Å². The van der Waals surface area contributed by atoms with Crippen LogP contribution in [0.4, 0.5) is 0 Å². The molecule has 1 aliphatic carbocycles. The van der Waals surface area contributed by atoms with E-state index in [-0.39, 0.29) is 12.0 Å². The third-order valence-electron chi connectivity index (χ3n) is 4.29. The molecule has 0 radical (unpaired) electrons. The Balaban J connectivity index is 1.94. The minimum Gasteiger partial charge on any atom is -0.465 e. The highest BCUT2D eigenvalue weighted by molar-refractivity contribution is 5.75. The Morgan fingerprint density at radius 3 is 2.47 bits per heavy atom. The molecule has 1 saturated carbocycles. The summed E-state index contributed by atoms with van der Waals surface area (Å²) >= 11 is 0. The first-order valence-corrected chi connectivity index (χ1v) is 7.89. The van der Waals surface area contributed by atoms with Crippen LogP contribution in [0.15, 0.2) is 0 Å². The summed E-state index contributed by atoms with van der Waals surface area (Å²) in [5.41, 5.74) is 0. The Labute approximate surface area is 116 Å². The summed E-state index contributed by atoms with van der Waals surface area (Å²) in [6.07, 6.45) is 5.84. The molecule has 0 spiro atoms. The number of carbonyl (C=O) groups excluding carboxylic acids is 1. The summed E-state index contributed by atoms with van der Waals surface area (Å²) in [6, 6.07) is 0.603. The first kappa shape index (κ1) is 14.8. The summed E-state index contributed by atoms with van der Waals surface area (Å²) in [4.78, 5) is 14.6. The van der Waals surface area contributed by atoms with E-state index in [1.54, 1.807) is 0 Å². The van der Waals surface area contributed by atoms with Crippen molar-refractivity contribution in [2.75, 3.05) is 26.2 Å². The molecule has 2 aliphatic rings. The molecule has 0 amide bonds. The second-order valence-electron chi connectivity index (χ2n) is 5.80. The van der Waals surface area contributed by atoms with E-state index in [4.69, 9.17) is 4.74 Å². The van der Waals surface area contributed by atoms with Crippen molar-refractivity contribution in [3.63, 3.8) is 0 Å². The molecule has 0 aromatic heterocycles. The molecule has 1 N–H and O–H groups in total. The van der Waals surface area contributed by atoms with Crippen molar-refractivity contribution in [2.45, 2.75) is 58.0 Å². The average molecular weight is 268 g/mol. The number of hydrogen-bond acceptors (Lipinski definition) is 4. The van der Waals surface area contributed by atoms with E-state index in [0.717, 1.165) is 32.0 Å². The molecule has 1 unspecified atom stereocenters. The zero-order valence-corrected chi connectivity index (χ0v) is 12.4. The Kier molecular flexibility index (Phi) is 5.64. The standard InChI is InChI=1S/C15H28N2O2/c1-3-14(15(18)19-4-2)17(13-5-6-13)11-12-7-9-16-10-8-12/h12-14,16H,3-11H2,1-2H3. The van der Waals surface area contributed by atoms with E-state index in [1.165, 1.54) is 25.7 Å². The average Bonchev–Trinajstić information content (AvgIpc) is 3.24. The summed E-state index contributed by atoms with van der Waals surface area (Å²) in [5.74, 6) is 0.719. The molecule has 4 heteroatoms. The number of rotatable bonds is 7. The first-order valence-electron chi connectivity index (χ1n) is 7.89. The van der Waals surface area contributed by atoms with Gasteiger partial charge in [0.05, 0.1) is 6.61 Å². The molecule has 4 nitrogen and oxygen atoms in total. The number of hydrogen-bond donors (Lipinski definition) is 1. The van der Waals surface area contributed by atoms with Crippen LogP contribution in [0.25, 0.3) is 0 Å². The van der Waals surface area contributed by atoms with Crippen molar-refractivity contribution in [2.24, 2.45) is 5.92 Å². The maximum atomic E-state index is 12.1. The maximum absolute atomic E-state index is 12.1. The normalized spacial score (nSPS) is 22.5. The molecule has 0 aromatic carbocycles. The predicted octanol–water partition coefficient (Wildman–Crippen LogP) is 1.79. The van der Waals surface area contributed by atoms with Crippen LogP contribution in [-0.2, 0) is 9.53 Å². The van der Waals surface area contributed by atoms with Gasteiger partial charge in [0.1, 0.15) is 6.04 Å². The molecule has 0 aromatic rings. The van der Waals surface area contributed by atoms with Crippen LogP contribution >= 0.6 is 0 Å². The number of ether oxygens (including phenoxy) is 1. The Hall–Kier alpha value is -0.610. The van der Waals surface area contributed by atoms with Crippen LogP contribution in [0.3, 0.4) is 0 Å². The Morgan fingerprint density at radius 2 is 1.95 bits per heavy atom. The third kappa shape index (κ3) is 4.18. The topological polar surface area (TPSA) is 41.6 Å².